The van der Waals surface area contributed by atoms with Gasteiger partial charge in [-0.3, -0.25) is 20.2 Å². The van der Waals surface area contributed by atoms with E-state index in [-0.39, 0.29) is 27.6 Å². The predicted octanol–water partition coefficient (Wildman–Crippen LogP) is 2.65. The second kappa shape index (κ2) is 8.12. The Morgan fingerprint density at radius 1 is 1.19 bits per heavy atom. The standard InChI is InChI=1S/C16H12FN3O5S/c1-25-15(22)10-4-2-3-9(7-10)14(21)19-16(26)18-13-8-11(20(23)24)5-6-12(13)17/h2-8H,1H3,(H2,18,19,21,26). The Morgan fingerprint density at radius 2 is 1.88 bits per heavy atom. The average Bonchev–Trinajstić information content (AvgIpc) is 2.62. The Hall–Kier alpha value is -3.40. The van der Waals surface area contributed by atoms with Crippen molar-refractivity contribution < 1.29 is 23.6 Å². The molecule has 10 heteroatoms. The topological polar surface area (TPSA) is 111 Å². The van der Waals surface area contributed by atoms with Crippen LogP contribution < -0.4 is 10.6 Å². The van der Waals surface area contributed by atoms with Crippen LogP contribution in [0.2, 0.25) is 0 Å². The van der Waals surface area contributed by atoms with Crippen molar-refractivity contribution in [2.24, 2.45) is 0 Å². The van der Waals surface area contributed by atoms with Gasteiger partial charge in [0.05, 0.1) is 23.3 Å². The third kappa shape index (κ3) is 4.57. The van der Waals surface area contributed by atoms with Crippen LogP contribution in [-0.2, 0) is 4.74 Å². The molecular weight excluding hydrogens is 365 g/mol. The highest BCUT2D eigenvalue weighted by atomic mass is 32.1. The Morgan fingerprint density at radius 3 is 2.54 bits per heavy atom. The third-order valence-corrected chi connectivity index (χ3v) is 3.39. The van der Waals surface area contributed by atoms with E-state index in [0.717, 1.165) is 18.2 Å². The minimum Gasteiger partial charge on any atom is -0.465 e. The highest BCUT2D eigenvalue weighted by Gasteiger charge is 2.15. The molecule has 26 heavy (non-hydrogen) atoms. The number of nitrogens with one attached hydrogen (secondary N) is 2. The normalized spacial score (nSPS) is 9.92. The molecule has 0 aliphatic carbocycles. The van der Waals surface area contributed by atoms with Gasteiger partial charge in [-0.25, -0.2) is 9.18 Å². The number of thiocarbonyl (C=S) groups is 1. The van der Waals surface area contributed by atoms with Gasteiger partial charge in [0.25, 0.3) is 11.6 Å². The molecule has 0 atom stereocenters. The van der Waals surface area contributed by atoms with Crippen molar-refractivity contribution >= 4 is 40.6 Å². The van der Waals surface area contributed by atoms with E-state index in [9.17, 15) is 24.1 Å². The first-order chi connectivity index (χ1) is 12.3. The van der Waals surface area contributed by atoms with Gasteiger partial charge in [0.15, 0.2) is 5.11 Å². The van der Waals surface area contributed by atoms with E-state index >= 15 is 0 Å². The Kier molecular flexibility index (Phi) is 5.91. The number of rotatable bonds is 4. The molecule has 0 saturated carbocycles. The van der Waals surface area contributed by atoms with Gasteiger partial charge in [0.2, 0.25) is 0 Å². The van der Waals surface area contributed by atoms with Gasteiger partial charge in [-0.1, -0.05) is 6.07 Å². The molecule has 0 aliphatic rings. The van der Waals surface area contributed by atoms with Gasteiger partial charge in [-0.15, -0.1) is 0 Å². The lowest BCUT2D eigenvalue weighted by Gasteiger charge is -2.10. The first-order valence-electron chi connectivity index (χ1n) is 7.06. The van der Waals surface area contributed by atoms with Crippen LogP contribution in [0.4, 0.5) is 15.8 Å². The van der Waals surface area contributed by atoms with Crippen molar-refractivity contribution in [3.05, 3.63) is 69.5 Å². The third-order valence-electron chi connectivity index (χ3n) is 3.18. The SMILES string of the molecule is COC(=O)c1cccc(C(=O)NC(=S)Nc2cc([N+](=O)[O-])ccc2F)c1. The molecule has 0 radical (unpaired) electrons. The molecule has 1 amide bonds. The zero-order valence-electron chi connectivity index (χ0n) is 13.3. The summed E-state index contributed by atoms with van der Waals surface area (Å²) in [5.41, 5.74) is -0.304. The molecule has 134 valence electrons. The van der Waals surface area contributed by atoms with Crippen LogP contribution >= 0.6 is 12.2 Å². The number of ether oxygens (including phenoxy) is 1. The van der Waals surface area contributed by atoms with E-state index in [1.54, 1.807) is 0 Å². The minimum atomic E-state index is -0.778. The maximum absolute atomic E-state index is 13.7. The molecule has 0 saturated heterocycles. The number of methoxy groups -OCH3 is 1. The van der Waals surface area contributed by atoms with E-state index < -0.39 is 22.6 Å². The number of carbonyl (C=O) groups is 2. The molecule has 2 aromatic carbocycles. The fraction of sp³-hybridized carbons (Fsp3) is 0.0625. The van der Waals surface area contributed by atoms with Crippen LogP contribution in [0.15, 0.2) is 42.5 Å². The van der Waals surface area contributed by atoms with E-state index in [0.29, 0.717) is 0 Å². The lowest BCUT2D eigenvalue weighted by molar-refractivity contribution is -0.384. The number of anilines is 1. The fourth-order valence-corrected chi connectivity index (χ4v) is 2.16. The summed E-state index contributed by atoms with van der Waals surface area (Å²) in [5, 5.41) is 15.2. The maximum atomic E-state index is 13.7. The highest BCUT2D eigenvalue weighted by molar-refractivity contribution is 7.80. The second-order valence-electron chi connectivity index (χ2n) is 4.90. The maximum Gasteiger partial charge on any atom is 0.337 e. The average molecular weight is 377 g/mol. The van der Waals surface area contributed by atoms with Crippen LogP contribution in [0.25, 0.3) is 0 Å². The number of nitrogens with zero attached hydrogens (tertiary/aromatic N) is 1. The first kappa shape index (κ1) is 18.9. The Bertz CT molecular complexity index is 903. The molecule has 0 bridgehead atoms. The Balaban J connectivity index is 2.11. The molecule has 0 unspecified atom stereocenters. The summed E-state index contributed by atoms with van der Waals surface area (Å²) in [6, 6.07) is 8.56. The molecule has 0 fully saturated rings. The number of halogens is 1. The molecule has 2 aromatic rings. The number of nitro benzene ring substituents is 1. The van der Waals surface area contributed by atoms with Crippen LogP contribution in [-0.4, -0.2) is 29.0 Å². The second-order valence-corrected chi connectivity index (χ2v) is 5.31. The zero-order chi connectivity index (χ0) is 19.3. The lowest BCUT2D eigenvalue weighted by atomic mass is 10.1. The summed E-state index contributed by atoms with van der Waals surface area (Å²) >= 11 is 4.92. The van der Waals surface area contributed by atoms with Crippen molar-refractivity contribution in [1.29, 1.82) is 0 Å². The summed E-state index contributed by atoms with van der Waals surface area (Å²) in [7, 11) is 1.21. The molecular formula is C16H12FN3O5S. The number of hydrogen-bond donors (Lipinski definition) is 2. The summed E-state index contributed by atoms with van der Waals surface area (Å²) in [5.74, 6) is -2.04. The number of non-ortho nitro benzene ring substituents is 1. The number of benzene rings is 2. The number of nitro groups is 1. The smallest absolute Gasteiger partial charge is 0.337 e. The monoisotopic (exact) mass is 377 g/mol. The molecule has 0 spiro atoms. The van der Waals surface area contributed by atoms with E-state index in [1.165, 1.54) is 31.4 Å². The van der Waals surface area contributed by atoms with Crippen LogP contribution in [0.5, 0.6) is 0 Å². The minimum absolute atomic E-state index is 0.122. The predicted molar refractivity (Wildman–Crippen MR) is 94.5 cm³/mol. The zero-order valence-corrected chi connectivity index (χ0v) is 14.1. The molecule has 0 aliphatic heterocycles. The van der Waals surface area contributed by atoms with Crippen molar-refractivity contribution in [3.8, 4) is 0 Å². The largest absolute Gasteiger partial charge is 0.465 e. The van der Waals surface area contributed by atoms with Crippen molar-refractivity contribution in [3.63, 3.8) is 0 Å². The summed E-state index contributed by atoms with van der Waals surface area (Å²) in [6.07, 6.45) is 0. The van der Waals surface area contributed by atoms with Crippen molar-refractivity contribution in [2.75, 3.05) is 12.4 Å². The van der Waals surface area contributed by atoms with Gasteiger partial charge >= 0.3 is 5.97 Å². The quantitative estimate of drug-likeness (QED) is 0.365. The van der Waals surface area contributed by atoms with Crippen molar-refractivity contribution in [2.45, 2.75) is 0 Å². The summed E-state index contributed by atoms with van der Waals surface area (Å²) in [4.78, 5) is 33.7. The van der Waals surface area contributed by atoms with E-state index in [2.05, 4.69) is 15.4 Å². The van der Waals surface area contributed by atoms with E-state index in [1.807, 2.05) is 0 Å². The molecule has 0 aromatic heterocycles. The highest BCUT2D eigenvalue weighted by Crippen LogP contribution is 2.21. The molecule has 8 nitrogen and oxygen atoms in total. The van der Waals surface area contributed by atoms with Gasteiger partial charge in [0, 0.05) is 17.7 Å². The van der Waals surface area contributed by atoms with Gasteiger partial charge < -0.3 is 10.1 Å². The number of carbonyl (C=O) groups excluding carboxylic acids is 2. The van der Waals surface area contributed by atoms with Crippen molar-refractivity contribution in [1.82, 2.24) is 5.32 Å². The molecule has 2 N–H and O–H groups in total. The molecule has 2 rings (SSSR count). The molecule has 0 heterocycles. The fourth-order valence-electron chi connectivity index (χ4n) is 1.96. The van der Waals surface area contributed by atoms with Crippen LogP contribution in [0.3, 0.4) is 0 Å². The summed E-state index contributed by atoms with van der Waals surface area (Å²) < 4.78 is 18.3. The Labute approximate surface area is 152 Å². The van der Waals surface area contributed by atoms with Gasteiger partial charge in [-0.2, -0.15) is 0 Å². The number of esters is 1. The number of amides is 1. The first-order valence-corrected chi connectivity index (χ1v) is 7.47. The number of hydrogen-bond acceptors (Lipinski definition) is 6. The van der Waals surface area contributed by atoms with Gasteiger partial charge in [-0.05, 0) is 36.5 Å². The van der Waals surface area contributed by atoms with E-state index in [4.69, 9.17) is 12.2 Å². The summed E-state index contributed by atoms with van der Waals surface area (Å²) in [6.45, 7) is 0. The van der Waals surface area contributed by atoms with Gasteiger partial charge in [0.1, 0.15) is 5.82 Å². The lowest BCUT2D eigenvalue weighted by Crippen LogP contribution is -2.34. The van der Waals surface area contributed by atoms with Crippen LogP contribution in [0, 0.1) is 15.9 Å². The van der Waals surface area contributed by atoms with Crippen LogP contribution in [0.1, 0.15) is 20.7 Å².